The first-order chi connectivity index (χ1) is 9.04. The van der Waals surface area contributed by atoms with Crippen LogP contribution < -0.4 is 16.2 Å². The Labute approximate surface area is 113 Å². The number of hydrogen-bond acceptors (Lipinski definition) is 4. The van der Waals surface area contributed by atoms with Crippen molar-refractivity contribution < 1.29 is 9.53 Å². The van der Waals surface area contributed by atoms with Crippen molar-refractivity contribution in [3.05, 3.63) is 11.3 Å². The van der Waals surface area contributed by atoms with Crippen molar-refractivity contribution in [2.24, 2.45) is 24.4 Å². The second-order valence-corrected chi connectivity index (χ2v) is 5.19. The number of carbonyl (C=O) groups is 1. The van der Waals surface area contributed by atoms with Gasteiger partial charge in [-0.05, 0) is 32.7 Å². The molecule has 0 bridgehead atoms. The molecule has 6 nitrogen and oxygen atoms in total. The van der Waals surface area contributed by atoms with Crippen molar-refractivity contribution in [2.75, 3.05) is 6.54 Å². The van der Waals surface area contributed by atoms with Crippen LogP contribution in [0.4, 0.5) is 0 Å². The van der Waals surface area contributed by atoms with Crippen LogP contribution in [0.5, 0.6) is 5.88 Å². The molecule has 1 fully saturated rings. The Hall–Kier alpha value is -1.56. The second kappa shape index (κ2) is 5.61. The molecule has 1 aliphatic carbocycles. The third-order valence-corrected chi connectivity index (χ3v) is 3.82. The van der Waals surface area contributed by atoms with Crippen LogP contribution in [-0.4, -0.2) is 28.3 Å². The lowest BCUT2D eigenvalue weighted by Crippen LogP contribution is -2.36. The first-order valence-corrected chi connectivity index (χ1v) is 6.74. The number of carbonyl (C=O) groups excluding carboxylic acids is 1. The van der Waals surface area contributed by atoms with Gasteiger partial charge in [0, 0.05) is 13.0 Å². The molecule has 2 atom stereocenters. The number of hydrogen-bond donors (Lipinski definition) is 2. The number of rotatable bonds is 4. The molecule has 0 aliphatic heterocycles. The fourth-order valence-corrected chi connectivity index (χ4v) is 2.80. The van der Waals surface area contributed by atoms with Gasteiger partial charge in [0.15, 0.2) is 0 Å². The molecular formula is C13H22N4O2. The van der Waals surface area contributed by atoms with Crippen LogP contribution in [0.1, 0.15) is 41.7 Å². The van der Waals surface area contributed by atoms with Gasteiger partial charge in [0.05, 0.1) is 5.69 Å². The lowest BCUT2D eigenvalue weighted by atomic mass is 9.86. The van der Waals surface area contributed by atoms with Gasteiger partial charge in [0.2, 0.25) is 5.88 Å². The first-order valence-electron chi connectivity index (χ1n) is 6.74. The SMILES string of the molecule is Cc1nn(C)c(OC2CCCCC2CN)c1C(N)=O. The maximum absolute atomic E-state index is 11.5. The number of amides is 1. The summed E-state index contributed by atoms with van der Waals surface area (Å²) in [5, 5.41) is 4.21. The zero-order valence-electron chi connectivity index (χ0n) is 11.6. The molecule has 1 aromatic heterocycles. The van der Waals surface area contributed by atoms with Crippen LogP contribution in [0.3, 0.4) is 0 Å². The minimum absolute atomic E-state index is 0.0478. The maximum atomic E-state index is 11.5. The summed E-state index contributed by atoms with van der Waals surface area (Å²) in [6, 6.07) is 0. The predicted molar refractivity (Wildman–Crippen MR) is 71.9 cm³/mol. The Morgan fingerprint density at radius 1 is 1.47 bits per heavy atom. The normalized spacial score (nSPS) is 23.3. The largest absolute Gasteiger partial charge is 0.474 e. The Balaban J connectivity index is 2.24. The standard InChI is InChI=1S/C13H22N4O2/c1-8-11(12(15)18)13(17(2)16-8)19-10-6-4-3-5-9(10)7-14/h9-10H,3-7,14H2,1-2H3,(H2,15,18). The molecule has 2 unspecified atom stereocenters. The molecule has 1 heterocycles. The zero-order valence-corrected chi connectivity index (χ0v) is 11.6. The molecule has 4 N–H and O–H groups in total. The van der Waals surface area contributed by atoms with Crippen molar-refractivity contribution in [3.8, 4) is 5.88 Å². The molecule has 1 aromatic rings. The highest BCUT2D eigenvalue weighted by Crippen LogP contribution is 2.30. The fourth-order valence-electron chi connectivity index (χ4n) is 2.80. The van der Waals surface area contributed by atoms with Crippen LogP contribution in [0.25, 0.3) is 0 Å². The minimum atomic E-state index is -0.499. The topological polar surface area (TPSA) is 96.2 Å². The summed E-state index contributed by atoms with van der Waals surface area (Å²) < 4.78 is 7.60. The van der Waals surface area contributed by atoms with E-state index >= 15 is 0 Å². The minimum Gasteiger partial charge on any atom is -0.474 e. The Morgan fingerprint density at radius 3 is 2.79 bits per heavy atom. The number of ether oxygens (including phenoxy) is 1. The van der Waals surface area contributed by atoms with E-state index < -0.39 is 5.91 Å². The van der Waals surface area contributed by atoms with Crippen LogP contribution >= 0.6 is 0 Å². The van der Waals surface area contributed by atoms with Gasteiger partial charge in [-0.15, -0.1) is 0 Å². The van der Waals surface area contributed by atoms with E-state index in [2.05, 4.69) is 5.10 Å². The highest BCUT2D eigenvalue weighted by atomic mass is 16.5. The Morgan fingerprint density at radius 2 is 2.16 bits per heavy atom. The highest BCUT2D eigenvalue weighted by Gasteiger charge is 2.29. The molecule has 0 aromatic carbocycles. The van der Waals surface area contributed by atoms with Crippen LogP contribution in [-0.2, 0) is 7.05 Å². The molecule has 6 heteroatoms. The molecule has 2 rings (SSSR count). The van der Waals surface area contributed by atoms with E-state index in [1.165, 1.54) is 6.42 Å². The predicted octanol–water partition coefficient (Wildman–Crippen LogP) is 0.724. The second-order valence-electron chi connectivity index (χ2n) is 5.19. The summed E-state index contributed by atoms with van der Waals surface area (Å²) in [5.41, 5.74) is 12.2. The first kappa shape index (κ1) is 13.9. The summed E-state index contributed by atoms with van der Waals surface area (Å²) in [5.74, 6) is 0.306. The number of aromatic nitrogens is 2. The van der Waals surface area contributed by atoms with Gasteiger partial charge < -0.3 is 16.2 Å². The van der Waals surface area contributed by atoms with E-state index in [1.807, 2.05) is 0 Å². The van der Waals surface area contributed by atoms with E-state index in [4.69, 9.17) is 16.2 Å². The van der Waals surface area contributed by atoms with Crippen molar-refractivity contribution in [2.45, 2.75) is 38.7 Å². The van der Waals surface area contributed by atoms with Crippen LogP contribution in [0, 0.1) is 12.8 Å². The molecule has 0 radical (unpaired) electrons. The van der Waals surface area contributed by atoms with Crippen LogP contribution in [0.15, 0.2) is 0 Å². The summed E-state index contributed by atoms with van der Waals surface area (Å²) in [6.45, 7) is 2.36. The molecule has 106 valence electrons. The molecule has 19 heavy (non-hydrogen) atoms. The van der Waals surface area contributed by atoms with Gasteiger partial charge in [-0.25, -0.2) is 4.68 Å². The third-order valence-electron chi connectivity index (χ3n) is 3.82. The van der Waals surface area contributed by atoms with Gasteiger partial charge in [-0.3, -0.25) is 4.79 Å². The quantitative estimate of drug-likeness (QED) is 0.839. The summed E-state index contributed by atoms with van der Waals surface area (Å²) in [7, 11) is 1.76. The summed E-state index contributed by atoms with van der Waals surface area (Å²) >= 11 is 0. The molecular weight excluding hydrogens is 244 g/mol. The number of nitrogens with zero attached hydrogens (tertiary/aromatic N) is 2. The molecule has 1 aliphatic rings. The molecule has 0 spiro atoms. The smallest absolute Gasteiger partial charge is 0.256 e. The van der Waals surface area contributed by atoms with E-state index in [1.54, 1.807) is 18.7 Å². The van der Waals surface area contributed by atoms with Gasteiger partial charge in [0.1, 0.15) is 11.7 Å². The fraction of sp³-hybridized carbons (Fsp3) is 0.692. The van der Waals surface area contributed by atoms with Gasteiger partial charge in [0.25, 0.3) is 5.91 Å². The zero-order chi connectivity index (χ0) is 14.0. The molecule has 1 saturated carbocycles. The van der Waals surface area contributed by atoms with E-state index in [0.717, 1.165) is 19.3 Å². The monoisotopic (exact) mass is 266 g/mol. The molecule has 0 saturated heterocycles. The van der Waals surface area contributed by atoms with Gasteiger partial charge >= 0.3 is 0 Å². The third kappa shape index (κ3) is 2.73. The highest BCUT2D eigenvalue weighted by molar-refractivity contribution is 5.96. The van der Waals surface area contributed by atoms with Crippen molar-refractivity contribution in [1.82, 2.24) is 9.78 Å². The van der Waals surface area contributed by atoms with Gasteiger partial charge in [-0.1, -0.05) is 6.42 Å². The Bertz CT molecular complexity index is 469. The lowest BCUT2D eigenvalue weighted by molar-refractivity contribution is 0.0840. The average Bonchev–Trinajstić information content (AvgIpc) is 2.65. The van der Waals surface area contributed by atoms with Crippen molar-refractivity contribution in [3.63, 3.8) is 0 Å². The van der Waals surface area contributed by atoms with Crippen molar-refractivity contribution >= 4 is 5.91 Å². The lowest BCUT2D eigenvalue weighted by Gasteiger charge is -2.31. The van der Waals surface area contributed by atoms with E-state index in [0.29, 0.717) is 29.6 Å². The summed E-state index contributed by atoms with van der Waals surface area (Å²) in [6.07, 6.45) is 4.40. The summed E-state index contributed by atoms with van der Waals surface area (Å²) in [4.78, 5) is 11.5. The number of aryl methyl sites for hydroxylation is 2. The van der Waals surface area contributed by atoms with E-state index in [-0.39, 0.29) is 6.10 Å². The number of primary amides is 1. The van der Waals surface area contributed by atoms with E-state index in [9.17, 15) is 4.79 Å². The average molecular weight is 266 g/mol. The Kier molecular flexibility index (Phi) is 4.09. The van der Waals surface area contributed by atoms with Gasteiger partial charge in [-0.2, -0.15) is 5.10 Å². The van der Waals surface area contributed by atoms with Crippen molar-refractivity contribution in [1.29, 1.82) is 0 Å². The molecule has 1 amide bonds. The number of nitrogens with two attached hydrogens (primary N) is 2. The van der Waals surface area contributed by atoms with Crippen LogP contribution in [0.2, 0.25) is 0 Å². The maximum Gasteiger partial charge on any atom is 0.256 e.